The number of carbonyl (C=O) groups excluding carboxylic acids is 1. The van der Waals surface area contributed by atoms with Crippen LogP contribution in [0.1, 0.15) is 19.8 Å². The number of anilines is 1. The molecule has 0 N–H and O–H groups in total. The van der Waals surface area contributed by atoms with Crippen molar-refractivity contribution in [2.75, 3.05) is 37.7 Å². The van der Waals surface area contributed by atoms with Crippen LogP contribution in [0.5, 0.6) is 0 Å². The molecule has 2 fully saturated rings. The van der Waals surface area contributed by atoms with Gasteiger partial charge in [0.05, 0.1) is 11.9 Å². The van der Waals surface area contributed by atoms with Gasteiger partial charge in [-0.2, -0.15) is 5.10 Å². The molecule has 1 amide bonds. The number of rotatable bonds is 2. The van der Waals surface area contributed by atoms with Crippen LogP contribution in [0.2, 0.25) is 0 Å². The van der Waals surface area contributed by atoms with Gasteiger partial charge in [0.25, 0.3) is 11.5 Å². The lowest BCUT2D eigenvalue weighted by Crippen LogP contribution is -2.55. The van der Waals surface area contributed by atoms with Crippen LogP contribution in [0.25, 0.3) is 0 Å². The van der Waals surface area contributed by atoms with Crippen LogP contribution in [-0.4, -0.2) is 59.0 Å². The Morgan fingerprint density at radius 3 is 2.64 bits per heavy atom. The van der Waals surface area contributed by atoms with Gasteiger partial charge in [-0.3, -0.25) is 9.59 Å². The summed E-state index contributed by atoms with van der Waals surface area (Å²) >= 11 is 0. The van der Waals surface area contributed by atoms with E-state index in [1.165, 1.54) is 4.68 Å². The zero-order valence-corrected chi connectivity index (χ0v) is 13.1. The van der Waals surface area contributed by atoms with E-state index in [0.717, 1.165) is 18.5 Å². The minimum atomic E-state index is -0.646. The zero-order valence-electron chi connectivity index (χ0n) is 13.1. The van der Waals surface area contributed by atoms with Crippen molar-refractivity contribution in [3.8, 4) is 0 Å². The molecule has 2 aliphatic rings. The van der Waals surface area contributed by atoms with E-state index in [4.69, 9.17) is 4.74 Å². The van der Waals surface area contributed by atoms with E-state index in [1.807, 2.05) is 11.8 Å². The first-order valence-electron chi connectivity index (χ1n) is 7.71. The average molecular weight is 306 g/mol. The van der Waals surface area contributed by atoms with Gasteiger partial charge in [-0.05, 0) is 19.8 Å². The third-order valence-corrected chi connectivity index (χ3v) is 4.56. The number of hydrogen-bond donors (Lipinski definition) is 0. The molecule has 0 saturated carbocycles. The molecule has 1 aromatic heterocycles. The first kappa shape index (κ1) is 15.0. The molecule has 0 radical (unpaired) electrons. The molecule has 0 aliphatic carbocycles. The van der Waals surface area contributed by atoms with Crippen molar-refractivity contribution in [1.29, 1.82) is 0 Å². The predicted octanol–water partition coefficient (Wildman–Crippen LogP) is -0.00200. The third kappa shape index (κ3) is 2.72. The first-order valence-corrected chi connectivity index (χ1v) is 7.71. The van der Waals surface area contributed by atoms with Crippen molar-refractivity contribution >= 4 is 11.6 Å². The fourth-order valence-electron chi connectivity index (χ4n) is 3.08. The van der Waals surface area contributed by atoms with Crippen LogP contribution >= 0.6 is 0 Å². The van der Waals surface area contributed by atoms with Gasteiger partial charge in [0.1, 0.15) is 5.60 Å². The second-order valence-corrected chi connectivity index (χ2v) is 6.14. The molecule has 1 atom stereocenters. The maximum atomic E-state index is 12.6. The number of amides is 1. The Morgan fingerprint density at radius 1 is 1.32 bits per heavy atom. The highest BCUT2D eigenvalue weighted by atomic mass is 16.5. The zero-order chi connectivity index (χ0) is 15.7. The molecule has 7 heteroatoms. The molecule has 3 rings (SSSR count). The molecule has 3 heterocycles. The molecule has 0 unspecified atom stereocenters. The quantitative estimate of drug-likeness (QED) is 0.769. The highest BCUT2D eigenvalue weighted by Gasteiger charge is 2.41. The minimum absolute atomic E-state index is 0.0896. The fraction of sp³-hybridized carbons (Fsp3) is 0.667. The van der Waals surface area contributed by atoms with Gasteiger partial charge in [0, 0.05) is 45.9 Å². The van der Waals surface area contributed by atoms with E-state index in [9.17, 15) is 9.59 Å². The number of carbonyl (C=O) groups is 1. The molecule has 1 aromatic rings. The Labute approximate surface area is 129 Å². The lowest BCUT2D eigenvalue weighted by Gasteiger charge is -2.38. The summed E-state index contributed by atoms with van der Waals surface area (Å²) in [7, 11) is 1.63. The van der Waals surface area contributed by atoms with Gasteiger partial charge in [-0.25, -0.2) is 4.68 Å². The van der Waals surface area contributed by atoms with E-state index in [1.54, 1.807) is 19.3 Å². The number of piperazine rings is 1. The third-order valence-electron chi connectivity index (χ3n) is 4.56. The maximum absolute atomic E-state index is 12.6. The van der Waals surface area contributed by atoms with Crippen LogP contribution in [-0.2, 0) is 16.6 Å². The fourth-order valence-corrected chi connectivity index (χ4v) is 3.08. The molecule has 0 spiro atoms. The number of nitrogens with zero attached hydrogens (tertiary/aromatic N) is 4. The van der Waals surface area contributed by atoms with Crippen molar-refractivity contribution in [3.05, 3.63) is 22.6 Å². The Balaban J connectivity index is 1.63. The van der Waals surface area contributed by atoms with Crippen LogP contribution < -0.4 is 10.5 Å². The second kappa shape index (κ2) is 5.72. The van der Waals surface area contributed by atoms with E-state index >= 15 is 0 Å². The highest BCUT2D eigenvalue weighted by molar-refractivity contribution is 5.85. The summed E-state index contributed by atoms with van der Waals surface area (Å²) < 4.78 is 6.94. The highest BCUT2D eigenvalue weighted by Crippen LogP contribution is 2.28. The summed E-state index contributed by atoms with van der Waals surface area (Å²) in [5.41, 5.74) is 0.0493. The second-order valence-electron chi connectivity index (χ2n) is 6.14. The van der Waals surface area contributed by atoms with Crippen LogP contribution in [0.3, 0.4) is 0 Å². The number of ether oxygens (including phenoxy) is 1. The van der Waals surface area contributed by atoms with Crippen LogP contribution in [0.4, 0.5) is 5.69 Å². The summed E-state index contributed by atoms with van der Waals surface area (Å²) in [4.78, 5) is 28.2. The smallest absolute Gasteiger partial charge is 0.268 e. The van der Waals surface area contributed by atoms with Crippen molar-refractivity contribution in [2.24, 2.45) is 7.05 Å². The monoisotopic (exact) mass is 306 g/mol. The largest absolute Gasteiger partial charge is 0.367 e. The predicted molar refractivity (Wildman–Crippen MR) is 81.9 cm³/mol. The molecule has 22 heavy (non-hydrogen) atoms. The van der Waals surface area contributed by atoms with Crippen LogP contribution in [0.15, 0.2) is 17.1 Å². The SMILES string of the molecule is Cn1ncc(N2CCN(C(=O)[C@@]3(C)CCCO3)CC2)cc1=O. The number of hydrogen-bond acceptors (Lipinski definition) is 5. The molecular formula is C15H22N4O3. The van der Waals surface area contributed by atoms with Crippen molar-refractivity contribution in [1.82, 2.24) is 14.7 Å². The summed E-state index contributed by atoms with van der Waals surface area (Å²) in [6.07, 6.45) is 3.44. The topological polar surface area (TPSA) is 67.7 Å². The normalized spacial score (nSPS) is 25.5. The minimum Gasteiger partial charge on any atom is -0.367 e. The van der Waals surface area contributed by atoms with E-state index in [0.29, 0.717) is 32.8 Å². The van der Waals surface area contributed by atoms with Gasteiger partial charge >= 0.3 is 0 Å². The molecular weight excluding hydrogens is 284 g/mol. The van der Waals surface area contributed by atoms with E-state index in [-0.39, 0.29) is 11.5 Å². The summed E-state index contributed by atoms with van der Waals surface area (Å²) in [5.74, 6) is 0.0896. The molecule has 120 valence electrons. The Bertz CT molecular complexity index is 613. The van der Waals surface area contributed by atoms with Crippen LogP contribution in [0, 0.1) is 0 Å². The van der Waals surface area contributed by atoms with Crippen molar-refractivity contribution < 1.29 is 9.53 Å². The average Bonchev–Trinajstić information content (AvgIpc) is 2.97. The Morgan fingerprint density at radius 2 is 2.05 bits per heavy atom. The Hall–Kier alpha value is -1.89. The van der Waals surface area contributed by atoms with Crippen molar-refractivity contribution in [2.45, 2.75) is 25.4 Å². The molecule has 2 aliphatic heterocycles. The van der Waals surface area contributed by atoms with Gasteiger partial charge in [-0.15, -0.1) is 0 Å². The standard InChI is InChI=1S/C15H22N4O3/c1-15(4-3-9-22-15)14(21)19-7-5-18(6-8-19)12-10-13(20)17(2)16-11-12/h10-11H,3-9H2,1-2H3/t15-/m1/s1. The van der Waals surface area contributed by atoms with E-state index in [2.05, 4.69) is 10.00 Å². The summed E-state index contributed by atoms with van der Waals surface area (Å²) in [6.45, 7) is 5.26. The molecule has 0 bridgehead atoms. The summed E-state index contributed by atoms with van der Waals surface area (Å²) in [6, 6.07) is 1.59. The van der Waals surface area contributed by atoms with E-state index < -0.39 is 5.60 Å². The van der Waals surface area contributed by atoms with Crippen molar-refractivity contribution in [3.63, 3.8) is 0 Å². The van der Waals surface area contributed by atoms with Gasteiger partial charge in [0.2, 0.25) is 0 Å². The Kier molecular flexibility index (Phi) is 3.90. The summed E-state index contributed by atoms with van der Waals surface area (Å²) in [5, 5.41) is 4.04. The lowest BCUT2D eigenvalue weighted by atomic mass is 10.0. The number of aryl methyl sites for hydroxylation is 1. The maximum Gasteiger partial charge on any atom is 0.268 e. The molecule has 7 nitrogen and oxygen atoms in total. The first-order chi connectivity index (χ1) is 10.5. The van der Waals surface area contributed by atoms with Gasteiger partial charge in [-0.1, -0.05) is 0 Å². The lowest BCUT2D eigenvalue weighted by molar-refractivity contribution is -0.151. The molecule has 0 aromatic carbocycles. The van der Waals surface area contributed by atoms with Gasteiger partial charge in [0.15, 0.2) is 0 Å². The number of aromatic nitrogens is 2. The van der Waals surface area contributed by atoms with Gasteiger partial charge < -0.3 is 14.5 Å². The molecule has 2 saturated heterocycles.